The van der Waals surface area contributed by atoms with Gasteiger partial charge in [-0.2, -0.15) is 8.42 Å². The molecule has 0 heterocycles. The van der Waals surface area contributed by atoms with Gasteiger partial charge in [-0.3, -0.25) is 0 Å². The number of hydrogen-bond acceptors (Lipinski definition) is 5. The van der Waals surface area contributed by atoms with Gasteiger partial charge in [-0.1, -0.05) is 0 Å². The van der Waals surface area contributed by atoms with E-state index in [-0.39, 0.29) is 10.6 Å². The number of halogens is 1. The highest BCUT2D eigenvalue weighted by Crippen LogP contribution is 2.22. The van der Waals surface area contributed by atoms with Gasteiger partial charge in [0, 0.05) is 18.1 Å². The Kier molecular flexibility index (Phi) is 7.11. The molecule has 0 aromatic heterocycles. The van der Waals surface area contributed by atoms with Crippen molar-refractivity contribution in [1.29, 1.82) is 0 Å². The first kappa shape index (κ1) is 19.9. The molecule has 0 atom stereocenters. The number of rotatable bonds is 8. The maximum atomic E-state index is 12.3. The maximum absolute atomic E-state index is 12.3. The summed E-state index contributed by atoms with van der Waals surface area (Å²) in [6, 6.07) is 11.5. The Morgan fingerprint density at radius 1 is 1.04 bits per heavy atom. The van der Waals surface area contributed by atoms with Gasteiger partial charge in [0.1, 0.15) is 16.4 Å². The van der Waals surface area contributed by atoms with E-state index in [9.17, 15) is 13.2 Å². The van der Waals surface area contributed by atoms with Crippen LogP contribution in [-0.4, -0.2) is 33.5 Å². The minimum absolute atomic E-state index is 0.0295. The zero-order chi connectivity index (χ0) is 19.0. The molecule has 0 spiro atoms. The van der Waals surface area contributed by atoms with Gasteiger partial charge in [0.15, 0.2) is 0 Å². The van der Waals surface area contributed by atoms with E-state index in [0.717, 1.165) is 0 Å². The van der Waals surface area contributed by atoms with E-state index in [0.29, 0.717) is 30.5 Å². The Hall–Kier alpha value is -2.45. The summed E-state index contributed by atoms with van der Waals surface area (Å²) >= 11 is 5.48. The van der Waals surface area contributed by atoms with E-state index >= 15 is 0 Å². The Labute approximate surface area is 157 Å². The van der Waals surface area contributed by atoms with Gasteiger partial charge >= 0.3 is 16.1 Å². The predicted molar refractivity (Wildman–Crippen MR) is 99.6 cm³/mol. The third-order valence-corrected chi connectivity index (χ3v) is 4.57. The molecule has 0 aliphatic heterocycles. The summed E-state index contributed by atoms with van der Waals surface area (Å²) in [5.74, 6) is 1.10. The van der Waals surface area contributed by atoms with Crippen LogP contribution in [0.3, 0.4) is 0 Å². The van der Waals surface area contributed by atoms with Gasteiger partial charge in [0.2, 0.25) is 0 Å². The largest absolute Gasteiger partial charge is 0.494 e. The molecule has 0 unspecified atom stereocenters. The van der Waals surface area contributed by atoms with E-state index in [2.05, 4.69) is 10.6 Å². The van der Waals surface area contributed by atoms with Crippen LogP contribution in [0.25, 0.3) is 0 Å². The van der Waals surface area contributed by atoms with Gasteiger partial charge in [-0.15, -0.1) is 11.6 Å². The molecule has 0 radical (unpaired) electrons. The lowest BCUT2D eigenvalue weighted by molar-refractivity contribution is 0.252. The lowest BCUT2D eigenvalue weighted by Crippen LogP contribution is -2.30. The molecule has 140 valence electrons. The maximum Gasteiger partial charge on any atom is 0.339 e. The van der Waals surface area contributed by atoms with Crippen LogP contribution in [0.15, 0.2) is 53.4 Å². The summed E-state index contributed by atoms with van der Waals surface area (Å²) in [6.07, 6.45) is 0. The number of alkyl halides is 1. The SMILES string of the molecule is CCOc1ccc(OS(=O)(=O)c2ccc(NC(=O)NCCCl)cc2)cc1. The van der Waals surface area contributed by atoms with Crippen molar-refractivity contribution < 1.29 is 22.1 Å². The van der Waals surface area contributed by atoms with E-state index < -0.39 is 16.1 Å². The zero-order valence-corrected chi connectivity index (χ0v) is 15.6. The molecule has 2 N–H and O–H groups in total. The molecular formula is C17H19ClN2O5S. The Morgan fingerprint density at radius 3 is 2.23 bits per heavy atom. The fraction of sp³-hybridized carbons (Fsp3) is 0.235. The van der Waals surface area contributed by atoms with Crippen LogP contribution < -0.4 is 19.6 Å². The van der Waals surface area contributed by atoms with Crippen molar-refractivity contribution in [2.75, 3.05) is 24.3 Å². The van der Waals surface area contributed by atoms with Crippen LogP contribution in [-0.2, 0) is 10.1 Å². The van der Waals surface area contributed by atoms with Crippen molar-refractivity contribution in [3.63, 3.8) is 0 Å². The molecule has 0 fully saturated rings. The quantitative estimate of drug-likeness (QED) is 0.526. The van der Waals surface area contributed by atoms with Crippen molar-refractivity contribution >= 4 is 33.4 Å². The predicted octanol–water partition coefficient (Wildman–Crippen LogP) is 3.21. The van der Waals surface area contributed by atoms with Crippen LogP contribution in [0.5, 0.6) is 11.5 Å². The highest BCUT2D eigenvalue weighted by molar-refractivity contribution is 7.87. The molecule has 0 saturated heterocycles. The fourth-order valence-corrected chi connectivity index (χ4v) is 3.00. The smallest absolute Gasteiger partial charge is 0.339 e. The average Bonchev–Trinajstić information content (AvgIpc) is 2.62. The van der Waals surface area contributed by atoms with E-state index in [4.69, 9.17) is 20.5 Å². The molecule has 2 rings (SSSR count). The number of ether oxygens (including phenoxy) is 1. The minimum atomic E-state index is -3.98. The second-order valence-corrected chi connectivity index (χ2v) is 6.96. The van der Waals surface area contributed by atoms with Gasteiger partial charge in [-0.05, 0) is 55.5 Å². The Balaban J connectivity index is 2.03. The van der Waals surface area contributed by atoms with Crippen molar-refractivity contribution in [3.8, 4) is 11.5 Å². The fourth-order valence-electron chi connectivity index (χ4n) is 1.97. The van der Waals surface area contributed by atoms with Crippen molar-refractivity contribution in [2.45, 2.75) is 11.8 Å². The monoisotopic (exact) mass is 398 g/mol. The van der Waals surface area contributed by atoms with E-state index in [1.54, 1.807) is 12.1 Å². The number of hydrogen-bond donors (Lipinski definition) is 2. The van der Waals surface area contributed by atoms with Gasteiger partial charge in [0.25, 0.3) is 0 Å². The number of nitrogens with one attached hydrogen (secondary N) is 2. The molecule has 0 aliphatic rings. The number of anilines is 1. The molecule has 2 aromatic carbocycles. The molecule has 0 saturated carbocycles. The lowest BCUT2D eigenvalue weighted by atomic mass is 10.3. The Morgan fingerprint density at radius 2 is 1.65 bits per heavy atom. The molecule has 26 heavy (non-hydrogen) atoms. The summed E-state index contributed by atoms with van der Waals surface area (Å²) in [6.45, 7) is 2.70. The van der Waals surface area contributed by atoms with Crippen molar-refractivity contribution in [1.82, 2.24) is 5.32 Å². The summed E-state index contributed by atoms with van der Waals surface area (Å²) in [7, 11) is -3.98. The zero-order valence-electron chi connectivity index (χ0n) is 14.1. The van der Waals surface area contributed by atoms with Crippen LogP contribution in [0.1, 0.15) is 6.92 Å². The summed E-state index contributed by atoms with van der Waals surface area (Å²) in [4.78, 5) is 11.5. The third kappa shape index (κ3) is 5.82. The third-order valence-electron chi connectivity index (χ3n) is 3.12. The number of carbonyl (C=O) groups excluding carboxylic acids is 1. The number of benzene rings is 2. The first-order valence-corrected chi connectivity index (χ1v) is 9.77. The molecule has 2 amide bonds. The topological polar surface area (TPSA) is 93.7 Å². The number of urea groups is 1. The van der Waals surface area contributed by atoms with E-state index in [1.807, 2.05) is 6.92 Å². The second kappa shape index (κ2) is 9.30. The highest BCUT2D eigenvalue weighted by atomic mass is 35.5. The highest BCUT2D eigenvalue weighted by Gasteiger charge is 2.17. The second-order valence-electron chi connectivity index (χ2n) is 5.04. The van der Waals surface area contributed by atoms with Crippen LogP contribution >= 0.6 is 11.6 Å². The van der Waals surface area contributed by atoms with Crippen LogP contribution in [0.4, 0.5) is 10.5 Å². The van der Waals surface area contributed by atoms with Crippen LogP contribution in [0, 0.1) is 0 Å². The molecular weight excluding hydrogens is 380 g/mol. The van der Waals surface area contributed by atoms with E-state index in [1.165, 1.54) is 36.4 Å². The van der Waals surface area contributed by atoms with Crippen LogP contribution in [0.2, 0.25) is 0 Å². The molecule has 2 aromatic rings. The lowest BCUT2D eigenvalue weighted by Gasteiger charge is -2.10. The van der Waals surface area contributed by atoms with Crippen molar-refractivity contribution in [2.24, 2.45) is 0 Å². The summed E-state index contributed by atoms with van der Waals surface area (Å²) < 4.78 is 35.0. The molecule has 7 nitrogen and oxygen atoms in total. The summed E-state index contributed by atoms with van der Waals surface area (Å²) in [5, 5.41) is 5.10. The summed E-state index contributed by atoms with van der Waals surface area (Å²) in [5.41, 5.74) is 0.442. The Bertz CT molecular complexity index is 823. The number of amides is 2. The van der Waals surface area contributed by atoms with Crippen molar-refractivity contribution in [3.05, 3.63) is 48.5 Å². The van der Waals surface area contributed by atoms with Gasteiger partial charge < -0.3 is 19.6 Å². The van der Waals surface area contributed by atoms with Gasteiger partial charge in [0.05, 0.1) is 6.61 Å². The number of carbonyl (C=O) groups is 1. The minimum Gasteiger partial charge on any atom is -0.494 e. The normalized spacial score (nSPS) is 10.8. The molecule has 9 heteroatoms. The molecule has 0 bridgehead atoms. The average molecular weight is 399 g/mol. The first-order valence-electron chi connectivity index (χ1n) is 7.83. The van der Waals surface area contributed by atoms with Gasteiger partial charge in [-0.25, -0.2) is 4.79 Å². The molecule has 0 aliphatic carbocycles. The standard InChI is InChI=1S/C17H19ClN2O5S/c1-2-24-14-5-7-15(8-6-14)25-26(22,23)16-9-3-13(4-10-16)20-17(21)19-12-11-18/h3-10H,2,11-12H2,1H3,(H2,19,20,21). The first-order chi connectivity index (χ1) is 12.4.